The SMILES string of the molecule is Cc1[nH]nc(C(=O)NCCc2noc(C3CCCO3)n2)c1Cl. The predicted molar refractivity (Wildman–Crippen MR) is 76.6 cm³/mol. The van der Waals surface area contributed by atoms with Crippen LogP contribution >= 0.6 is 11.6 Å². The zero-order valence-corrected chi connectivity index (χ0v) is 12.8. The molecule has 2 aromatic heterocycles. The highest BCUT2D eigenvalue weighted by Gasteiger charge is 2.23. The van der Waals surface area contributed by atoms with E-state index in [1.165, 1.54) is 0 Å². The van der Waals surface area contributed by atoms with Gasteiger partial charge >= 0.3 is 0 Å². The van der Waals surface area contributed by atoms with E-state index in [1.807, 2.05) is 0 Å². The number of halogens is 1. The third-order valence-corrected chi connectivity index (χ3v) is 3.87. The summed E-state index contributed by atoms with van der Waals surface area (Å²) in [5.41, 5.74) is 0.846. The normalized spacial score (nSPS) is 17.8. The molecule has 22 heavy (non-hydrogen) atoms. The zero-order chi connectivity index (χ0) is 15.5. The summed E-state index contributed by atoms with van der Waals surface area (Å²) in [6.45, 7) is 2.84. The molecule has 2 N–H and O–H groups in total. The molecule has 1 saturated heterocycles. The first-order valence-electron chi connectivity index (χ1n) is 7.08. The van der Waals surface area contributed by atoms with Crippen LogP contribution in [0.15, 0.2) is 4.52 Å². The van der Waals surface area contributed by atoms with Crippen LogP contribution in [-0.4, -0.2) is 39.4 Å². The third-order valence-electron chi connectivity index (χ3n) is 3.41. The Morgan fingerprint density at radius 2 is 2.41 bits per heavy atom. The average Bonchev–Trinajstić information content (AvgIpc) is 3.22. The van der Waals surface area contributed by atoms with Crippen molar-refractivity contribution in [3.05, 3.63) is 28.1 Å². The lowest BCUT2D eigenvalue weighted by Crippen LogP contribution is -2.26. The molecule has 3 rings (SSSR count). The minimum atomic E-state index is -0.336. The Labute approximate surface area is 131 Å². The standard InChI is InChI=1S/C13H16ClN5O3/c1-7-10(14)11(18-17-7)12(20)15-5-4-9-16-13(22-19-9)8-3-2-6-21-8/h8H,2-6H2,1H3,(H,15,20)(H,17,18). The number of ether oxygens (including phenoxy) is 1. The monoisotopic (exact) mass is 325 g/mol. The summed E-state index contributed by atoms with van der Waals surface area (Å²) in [4.78, 5) is 16.2. The molecular formula is C13H16ClN5O3. The van der Waals surface area contributed by atoms with Gasteiger partial charge in [-0.25, -0.2) is 0 Å². The van der Waals surface area contributed by atoms with Crippen LogP contribution in [0, 0.1) is 6.92 Å². The van der Waals surface area contributed by atoms with Crippen LogP contribution in [0.4, 0.5) is 0 Å². The van der Waals surface area contributed by atoms with Gasteiger partial charge in [0.15, 0.2) is 11.5 Å². The summed E-state index contributed by atoms with van der Waals surface area (Å²) in [6.07, 6.45) is 2.27. The van der Waals surface area contributed by atoms with Gasteiger partial charge in [-0.2, -0.15) is 10.1 Å². The molecule has 1 unspecified atom stereocenters. The molecule has 0 bridgehead atoms. The maximum absolute atomic E-state index is 11.9. The van der Waals surface area contributed by atoms with E-state index in [1.54, 1.807) is 6.92 Å². The van der Waals surface area contributed by atoms with E-state index < -0.39 is 0 Å². The molecular weight excluding hydrogens is 310 g/mol. The molecule has 0 aliphatic carbocycles. The second kappa shape index (κ2) is 6.45. The van der Waals surface area contributed by atoms with Crippen molar-refractivity contribution in [1.29, 1.82) is 0 Å². The van der Waals surface area contributed by atoms with E-state index in [-0.39, 0.29) is 17.7 Å². The summed E-state index contributed by atoms with van der Waals surface area (Å²) in [5.74, 6) is 0.706. The first-order valence-corrected chi connectivity index (χ1v) is 7.45. The summed E-state index contributed by atoms with van der Waals surface area (Å²) in [7, 11) is 0. The lowest BCUT2D eigenvalue weighted by molar-refractivity contribution is 0.0835. The van der Waals surface area contributed by atoms with Crippen molar-refractivity contribution in [3.63, 3.8) is 0 Å². The van der Waals surface area contributed by atoms with Crippen LogP contribution in [0.5, 0.6) is 0 Å². The van der Waals surface area contributed by atoms with Crippen LogP contribution in [-0.2, 0) is 11.2 Å². The summed E-state index contributed by atoms with van der Waals surface area (Å²) in [5, 5.41) is 13.5. The predicted octanol–water partition coefficient (Wildman–Crippen LogP) is 1.58. The lowest BCUT2D eigenvalue weighted by atomic mass is 10.2. The van der Waals surface area contributed by atoms with Crippen molar-refractivity contribution in [3.8, 4) is 0 Å². The fourth-order valence-electron chi connectivity index (χ4n) is 2.21. The van der Waals surface area contributed by atoms with Crippen molar-refractivity contribution in [1.82, 2.24) is 25.7 Å². The molecule has 1 amide bonds. The molecule has 118 valence electrons. The van der Waals surface area contributed by atoms with Gasteiger partial charge < -0.3 is 14.6 Å². The van der Waals surface area contributed by atoms with Crippen molar-refractivity contribution in [2.45, 2.75) is 32.3 Å². The molecule has 0 spiro atoms. The Morgan fingerprint density at radius 3 is 3.09 bits per heavy atom. The van der Waals surface area contributed by atoms with Gasteiger partial charge in [0.1, 0.15) is 6.10 Å². The topological polar surface area (TPSA) is 106 Å². The number of aromatic nitrogens is 4. The number of carbonyl (C=O) groups excluding carboxylic acids is 1. The van der Waals surface area contributed by atoms with Crippen molar-refractivity contribution < 1.29 is 14.1 Å². The quantitative estimate of drug-likeness (QED) is 0.864. The number of hydrogen-bond donors (Lipinski definition) is 2. The molecule has 1 aliphatic heterocycles. The second-order valence-electron chi connectivity index (χ2n) is 5.07. The van der Waals surface area contributed by atoms with Crippen molar-refractivity contribution in [2.75, 3.05) is 13.2 Å². The maximum atomic E-state index is 11.9. The fourth-order valence-corrected chi connectivity index (χ4v) is 2.38. The molecule has 3 heterocycles. The summed E-state index contributed by atoms with van der Waals surface area (Å²) >= 11 is 5.97. The van der Waals surface area contributed by atoms with E-state index in [4.69, 9.17) is 20.9 Å². The number of rotatable bonds is 5. The minimum absolute atomic E-state index is 0.0957. The largest absolute Gasteiger partial charge is 0.368 e. The number of aromatic amines is 1. The molecule has 9 heteroatoms. The molecule has 0 saturated carbocycles. The Hall–Kier alpha value is -1.93. The number of amides is 1. The summed E-state index contributed by atoms with van der Waals surface area (Å²) < 4.78 is 10.7. The van der Waals surface area contributed by atoms with Gasteiger partial charge in [-0.15, -0.1) is 0 Å². The Balaban J connectivity index is 1.50. The first kappa shape index (κ1) is 15.0. The van der Waals surface area contributed by atoms with E-state index in [2.05, 4.69) is 25.7 Å². The fraction of sp³-hybridized carbons (Fsp3) is 0.538. The van der Waals surface area contributed by atoms with Crippen LogP contribution in [0.25, 0.3) is 0 Å². The second-order valence-corrected chi connectivity index (χ2v) is 5.45. The molecule has 2 aromatic rings. The number of H-pyrrole nitrogens is 1. The highest BCUT2D eigenvalue weighted by molar-refractivity contribution is 6.34. The van der Waals surface area contributed by atoms with Gasteiger partial charge in [-0.05, 0) is 19.8 Å². The number of carbonyl (C=O) groups is 1. The molecule has 0 aromatic carbocycles. The van der Waals surface area contributed by atoms with Gasteiger partial charge in [-0.3, -0.25) is 9.89 Å². The van der Waals surface area contributed by atoms with E-state index in [0.29, 0.717) is 35.4 Å². The number of aryl methyl sites for hydroxylation is 1. The summed E-state index contributed by atoms with van der Waals surface area (Å²) in [6, 6.07) is 0. The van der Waals surface area contributed by atoms with Crippen LogP contribution in [0.3, 0.4) is 0 Å². The first-order chi connectivity index (χ1) is 10.6. The highest BCUT2D eigenvalue weighted by Crippen LogP contribution is 2.26. The zero-order valence-electron chi connectivity index (χ0n) is 12.1. The minimum Gasteiger partial charge on any atom is -0.368 e. The maximum Gasteiger partial charge on any atom is 0.273 e. The smallest absolute Gasteiger partial charge is 0.273 e. The third kappa shape index (κ3) is 3.12. The molecule has 1 aliphatic rings. The van der Waals surface area contributed by atoms with Crippen LogP contribution in [0.1, 0.15) is 46.8 Å². The van der Waals surface area contributed by atoms with E-state index in [9.17, 15) is 4.79 Å². The van der Waals surface area contributed by atoms with Crippen molar-refractivity contribution >= 4 is 17.5 Å². The Kier molecular flexibility index (Phi) is 4.39. The van der Waals surface area contributed by atoms with Gasteiger partial charge in [0.2, 0.25) is 0 Å². The van der Waals surface area contributed by atoms with Crippen molar-refractivity contribution in [2.24, 2.45) is 0 Å². The van der Waals surface area contributed by atoms with Crippen LogP contribution < -0.4 is 5.32 Å². The molecule has 8 nitrogen and oxygen atoms in total. The lowest BCUT2D eigenvalue weighted by Gasteiger charge is -2.01. The van der Waals surface area contributed by atoms with Gasteiger partial charge in [0, 0.05) is 19.6 Å². The van der Waals surface area contributed by atoms with Crippen LogP contribution in [0.2, 0.25) is 5.02 Å². The molecule has 1 fully saturated rings. The van der Waals surface area contributed by atoms with Gasteiger partial charge in [0.25, 0.3) is 11.8 Å². The van der Waals surface area contributed by atoms with E-state index >= 15 is 0 Å². The Morgan fingerprint density at radius 1 is 1.55 bits per heavy atom. The van der Waals surface area contributed by atoms with Gasteiger partial charge in [-0.1, -0.05) is 16.8 Å². The number of hydrogen-bond acceptors (Lipinski definition) is 6. The van der Waals surface area contributed by atoms with Gasteiger partial charge in [0.05, 0.1) is 10.7 Å². The highest BCUT2D eigenvalue weighted by atomic mass is 35.5. The number of nitrogens with zero attached hydrogens (tertiary/aromatic N) is 3. The number of nitrogens with one attached hydrogen (secondary N) is 2. The molecule has 1 atom stereocenters. The average molecular weight is 326 g/mol. The Bertz CT molecular complexity index is 662. The van der Waals surface area contributed by atoms with E-state index in [0.717, 1.165) is 19.4 Å². The molecule has 0 radical (unpaired) electrons.